The van der Waals surface area contributed by atoms with E-state index in [-0.39, 0.29) is 36.1 Å². The van der Waals surface area contributed by atoms with Crippen LogP contribution in [0.25, 0.3) is 0 Å². The van der Waals surface area contributed by atoms with E-state index in [4.69, 9.17) is 4.74 Å². The van der Waals surface area contributed by atoms with Crippen LogP contribution in [-0.4, -0.2) is 72.1 Å². The minimum atomic E-state index is -0.201. The molecular weight excluding hydrogens is 450 g/mol. The molecule has 6 nitrogen and oxygen atoms in total. The SMILES string of the molecule is CC(=O)NCC(=O)N1CCC2(CC1)CCN(CC1=CC=C(C3=CC=CCC3)CC1)C1C=CC=CC1O2. The zero-order valence-electron chi connectivity index (χ0n) is 21.5. The van der Waals surface area contributed by atoms with Crippen LogP contribution >= 0.6 is 0 Å². The lowest BCUT2D eigenvalue weighted by Gasteiger charge is -2.42. The molecule has 0 saturated carbocycles. The molecule has 2 atom stereocenters. The van der Waals surface area contributed by atoms with Gasteiger partial charge in [0.1, 0.15) is 0 Å². The maximum absolute atomic E-state index is 12.5. The van der Waals surface area contributed by atoms with Gasteiger partial charge in [0.25, 0.3) is 0 Å². The van der Waals surface area contributed by atoms with E-state index < -0.39 is 0 Å². The van der Waals surface area contributed by atoms with Crippen molar-refractivity contribution in [3.05, 3.63) is 71.4 Å². The van der Waals surface area contributed by atoms with Crippen molar-refractivity contribution in [3.8, 4) is 0 Å². The fraction of sp³-hybridized carbons (Fsp3) is 0.533. The predicted octanol–water partition coefficient (Wildman–Crippen LogP) is 3.99. The highest BCUT2D eigenvalue weighted by Gasteiger charge is 2.43. The number of allylic oxidation sites excluding steroid dienone is 9. The molecule has 0 radical (unpaired) electrons. The summed E-state index contributed by atoms with van der Waals surface area (Å²) >= 11 is 0. The second-order valence-corrected chi connectivity index (χ2v) is 10.7. The van der Waals surface area contributed by atoms with E-state index in [1.54, 1.807) is 0 Å². The van der Waals surface area contributed by atoms with Gasteiger partial charge in [-0.1, -0.05) is 60.3 Å². The predicted molar refractivity (Wildman–Crippen MR) is 142 cm³/mol. The molecule has 0 bridgehead atoms. The summed E-state index contributed by atoms with van der Waals surface area (Å²) in [5.41, 5.74) is 4.30. The highest BCUT2D eigenvalue weighted by atomic mass is 16.5. The highest BCUT2D eigenvalue weighted by molar-refractivity contribution is 5.83. The van der Waals surface area contributed by atoms with Crippen molar-refractivity contribution in [1.29, 1.82) is 0 Å². The van der Waals surface area contributed by atoms with Crippen molar-refractivity contribution >= 4 is 11.8 Å². The number of rotatable bonds is 5. The summed E-state index contributed by atoms with van der Waals surface area (Å²) in [5.74, 6) is -0.180. The monoisotopic (exact) mass is 489 g/mol. The van der Waals surface area contributed by atoms with Crippen LogP contribution < -0.4 is 5.32 Å². The van der Waals surface area contributed by atoms with Gasteiger partial charge in [0, 0.05) is 33.1 Å². The first-order valence-corrected chi connectivity index (χ1v) is 13.6. The Morgan fingerprint density at radius 1 is 0.972 bits per heavy atom. The molecule has 0 aromatic rings. The Morgan fingerprint density at radius 3 is 2.47 bits per heavy atom. The number of ether oxygens (including phenoxy) is 1. The van der Waals surface area contributed by atoms with Gasteiger partial charge in [0.2, 0.25) is 11.8 Å². The third kappa shape index (κ3) is 5.81. The van der Waals surface area contributed by atoms with E-state index in [0.29, 0.717) is 13.1 Å². The Bertz CT molecular complexity index is 1040. The molecule has 0 aromatic heterocycles. The van der Waals surface area contributed by atoms with Crippen LogP contribution in [0.5, 0.6) is 0 Å². The number of carbonyl (C=O) groups excluding carboxylic acids is 2. The maximum atomic E-state index is 12.5. The molecule has 2 amide bonds. The first-order valence-electron chi connectivity index (χ1n) is 13.6. The average molecular weight is 490 g/mol. The lowest BCUT2D eigenvalue weighted by atomic mass is 9.87. The molecule has 0 aromatic carbocycles. The first kappa shape index (κ1) is 25.0. The van der Waals surface area contributed by atoms with Gasteiger partial charge in [0.05, 0.1) is 24.3 Å². The molecular formula is C30H39N3O3. The van der Waals surface area contributed by atoms with Crippen LogP contribution in [0.15, 0.2) is 71.4 Å². The number of amides is 2. The van der Waals surface area contributed by atoms with Crippen LogP contribution in [-0.2, 0) is 14.3 Å². The van der Waals surface area contributed by atoms with Gasteiger partial charge >= 0.3 is 0 Å². The van der Waals surface area contributed by atoms with Crippen LogP contribution in [0.3, 0.4) is 0 Å². The van der Waals surface area contributed by atoms with Crippen molar-refractivity contribution in [3.63, 3.8) is 0 Å². The van der Waals surface area contributed by atoms with Crippen LogP contribution in [0, 0.1) is 0 Å². The minimum Gasteiger partial charge on any atom is -0.366 e. The van der Waals surface area contributed by atoms with E-state index in [2.05, 4.69) is 64.9 Å². The molecule has 3 aliphatic carbocycles. The van der Waals surface area contributed by atoms with Crippen molar-refractivity contribution in [2.24, 2.45) is 0 Å². The molecule has 6 heteroatoms. The van der Waals surface area contributed by atoms with Crippen molar-refractivity contribution in [1.82, 2.24) is 15.1 Å². The fourth-order valence-corrected chi connectivity index (χ4v) is 6.10. The van der Waals surface area contributed by atoms with Gasteiger partial charge in [-0.3, -0.25) is 14.5 Å². The molecule has 2 saturated heterocycles. The van der Waals surface area contributed by atoms with Gasteiger partial charge in [-0.15, -0.1) is 0 Å². The molecule has 1 spiro atoms. The third-order valence-electron chi connectivity index (χ3n) is 8.30. The van der Waals surface area contributed by atoms with E-state index >= 15 is 0 Å². The van der Waals surface area contributed by atoms with Crippen LogP contribution in [0.4, 0.5) is 0 Å². The van der Waals surface area contributed by atoms with E-state index in [9.17, 15) is 9.59 Å². The number of nitrogens with one attached hydrogen (secondary N) is 1. The maximum Gasteiger partial charge on any atom is 0.241 e. The Kier molecular flexibility index (Phi) is 7.73. The molecule has 192 valence electrons. The van der Waals surface area contributed by atoms with E-state index in [0.717, 1.165) is 58.0 Å². The Morgan fingerprint density at radius 2 is 1.75 bits per heavy atom. The average Bonchev–Trinajstić information content (AvgIpc) is 3.05. The Balaban J connectivity index is 1.23. The number of carbonyl (C=O) groups is 2. The van der Waals surface area contributed by atoms with Gasteiger partial charge in [-0.25, -0.2) is 0 Å². The number of piperidine rings is 1. The summed E-state index contributed by atoms with van der Waals surface area (Å²) in [5, 5.41) is 2.63. The molecule has 2 heterocycles. The minimum absolute atomic E-state index is 0.00894. The topological polar surface area (TPSA) is 61.9 Å². The van der Waals surface area contributed by atoms with Gasteiger partial charge in [-0.2, -0.15) is 0 Å². The lowest BCUT2D eigenvalue weighted by Crippen LogP contribution is -2.51. The summed E-state index contributed by atoms with van der Waals surface area (Å²) in [7, 11) is 0. The Labute approximate surface area is 215 Å². The van der Waals surface area contributed by atoms with Crippen molar-refractivity contribution in [2.45, 2.75) is 69.6 Å². The number of likely N-dealkylation sites (tertiary alicyclic amines) is 1. The molecule has 2 unspecified atom stereocenters. The summed E-state index contributed by atoms with van der Waals surface area (Å²) in [6.07, 6.45) is 27.4. The zero-order valence-corrected chi connectivity index (χ0v) is 21.5. The zero-order chi connectivity index (χ0) is 25.0. The molecule has 5 rings (SSSR count). The summed E-state index contributed by atoms with van der Waals surface area (Å²) in [6.45, 7) is 4.84. The third-order valence-corrected chi connectivity index (χ3v) is 8.30. The van der Waals surface area contributed by atoms with E-state index in [1.165, 1.54) is 23.6 Å². The lowest BCUT2D eigenvalue weighted by molar-refractivity contribution is -0.142. The van der Waals surface area contributed by atoms with E-state index in [1.807, 2.05) is 4.90 Å². The van der Waals surface area contributed by atoms with Crippen molar-refractivity contribution in [2.75, 3.05) is 32.7 Å². The smallest absolute Gasteiger partial charge is 0.241 e. The molecule has 1 N–H and O–H groups in total. The normalized spacial score (nSPS) is 27.6. The van der Waals surface area contributed by atoms with Gasteiger partial charge < -0.3 is 15.0 Å². The fourth-order valence-electron chi connectivity index (χ4n) is 6.10. The molecule has 2 fully saturated rings. The number of nitrogens with zero attached hydrogens (tertiary/aromatic N) is 2. The van der Waals surface area contributed by atoms with Crippen molar-refractivity contribution < 1.29 is 14.3 Å². The summed E-state index contributed by atoms with van der Waals surface area (Å²) in [6, 6.07) is 0.242. The van der Waals surface area contributed by atoms with Crippen LogP contribution in [0.1, 0.15) is 51.9 Å². The van der Waals surface area contributed by atoms with Gasteiger partial charge in [-0.05, 0) is 56.1 Å². The first-order chi connectivity index (χ1) is 17.5. The summed E-state index contributed by atoms with van der Waals surface area (Å²) in [4.78, 5) is 28.1. The Hall–Kier alpha value is -2.70. The second kappa shape index (κ2) is 11.1. The summed E-state index contributed by atoms with van der Waals surface area (Å²) < 4.78 is 6.85. The number of hydrogen-bond acceptors (Lipinski definition) is 4. The largest absolute Gasteiger partial charge is 0.366 e. The number of fused-ring (bicyclic) bond motifs is 1. The standard InChI is InChI=1S/C30H39N3O3/c1-23(34)31-21-29(35)32-18-15-30(16-19-32)17-20-33(27-9-5-6-10-28(27)36-30)22-24-11-13-26(14-12-24)25-7-3-2-4-8-25/h2-3,5-7,9-11,13,27-28H,4,8,12,14-22H2,1H3,(H,31,34). The quantitative estimate of drug-likeness (QED) is 0.634. The van der Waals surface area contributed by atoms with Crippen LogP contribution in [0.2, 0.25) is 0 Å². The molecule has 2 aliphatic heterocycles. The highest BCUT2D eigenvalue weighted by Crippen LogP contribution is 2.37. The molecule has 36 heavy (non-hydrogen) atoms. The molecule has 5 aliphatic rings. The van der Waals surface area contributed by atoms with Gasteiger partial charge in [0.15, 0.2) is 0 Å². The second-order valence-electron chi connectivity index (χ2n) is 10.7. The number of hydrogen-bond donors (Lipinski definition) is 1.